The van der Waals surface area contributed by atoms with Gasteiger partial charge in [0, 0.05) is 0 Å². The lowest BCUT2D eigenvalue weighted by Gasteiger charge is -2.16. The van der Waals surface area contributed by atoms with Crippen LogP contribution in [0.5, 0.6) is 0 Å². The summed E-state index contributed by atoms with van der Waals surface area (Å²) in [6, 6.07) is 0. The van der Waals surface area contributed by atoms with Gasteiger partial charge >= 0.3 is 5.97 Å². The van der Waals surface area contributed by atoms with Crippen LogP contribution in [-0.4, -0.2) is 25.7 Å². The molecule has 18 heavy (non-hydrogen) atoms. The van der Waals surface area contributed by atoms with Crippen LogP contribution in [-0.2, 0) is 9.53 Å². The number of esters is 1. The van der Waals surface area contributed by atoms with Crippen LogP contribution in [0.15, 0.2) is 0 Å². The second-order valence-electron chi connectivity index (χ2n) is 6.38. The van der Waals surface area contributed by atoms with Gasteiger partial charge in [-0.1, -0.05) is 13.8 Å². The van der Waals surface area contributed by atoms with Crippen LogP contribution in [0.4, 0.5) is 0 Å². The molecule has 0 saturated carbocycles. The number of ether oxygens (including phenoxy) is 1. The summed E-state index contributed by atoms with van der Waals surface area (Å²) >= 11 is 0. The third kappa shape index (κ3) is 10.6. The zero-order valence-corrected chi connectivity index (χ0v) is 12.8. The molecule has 0 bridgehead atoms. The van der Waals surface area contributed by atoms with Gasteiger partial charge in [-0.25, -0.2) is 0 Å². The molecule has 0 aliphatic heterocycles. The van der Waals surface area contributed by atoms with Gasteiger partial charge in [0.25, 0.3) is 0 Å². The summed E-state index contributed by atoms with van der Waals surface area (Å²) < 4.78 is 5.21. The van der Waals surface area contributed by atoms with Gasteiger partial charge in [0.15, 0.2) is 0 Å². The van der Waals surface area contributed by atoms with Crippen molar-refractivity contribution in [1.29, 1.82) is 0 Å². The molecule has 0 fully saturated rings. The Morgan fingerprint density at radius 3 is 2.33 bits per heavy atom. The topological polar surface area (TPSA) is 38.3 Å². The van der Waals surface area contributed by atoms with Crippen LogP contribution >= 0.6 is 0 Å². The molecule has 0 aromatic carbocycles. The molecule has 0 aliphatic carbocycles. The quantitative estimate of drug-likeness (QED) is 0.508. The van der Waals surface area contributed by atoms with E-state index in [1.54, 1.807) is 0 Å². The molecule has 0 aromatic heterocycles. The van der Waals surface area contributed by atoms with Crippen LogP contribution in [0.25, 0.3) is 0 Å². The fourth-order valence-electron chi connectivity index (χ4n) is 1.43. The maximum Gasteiger partial charge on any atom is 0.311 e. The first-order valence-corrected chi connectivity index (χ1v) is 7.22. The zero-order chi connectivity index (χ0) is 14.0. The van der Waals surface area contributed by atoms with Crippen molar-refractivity contribution in [2.45, 2.75) is 60.3 Å². The molecule has 0 amide bonds. The molecule has 0 spiro atoms. The molecule has 3 nitrogen and oxygen atoms in total. The third-order valence-electron chi connectivity index (χ3n) is 2.74. The number of rotatable bonds is 9. The van der Waals surface area contributed by atoms with Crippen molar-refractivity contribution in [3.05, 3.63) is 0 Å². The van der Waals surface area contributed by atoms with Gasteiger partial charge in [-0.2, -0.15) is 0 Å². The van der Waals surface area contributed by atoms with E-state index in [1.807, 2.05) is 20.8 Å². The Hall–Kier alpha value is -0.570. The molecular weight excluding hydrogens is 226 g/mol. The molecule has 1 N–H and O–H groups in total. The Morgan fingerprint density at radius 1 is 1.11 bits per heavy atom. The maximum absolute atomic E-state index is 11.5. The van der Waals surface area contributed by atoms with Gasteiger partial charge in [-0.15, -0.1) is 0 Å². The second-order valence-corrected chi connectivity index (χ2v) is 6.38. The smallest absolute Gasteiger partial charge is 0.311 e. The van der Waals surface area contributed by atoms with E-state index in [9.17, 15) is 4.79 Å². The second kappa shape index (κ2) is 9.37. The Kier molecular flexibility index (Phi) is 9.08. The summed E-state index contributed by atoms with van der Waals surface area (Å²) in [4.78, 5) is 11.5. The molecule has 3 heteroatoms. The van der Waals surface area contributed by atoms with E-state index in [-0.39, 0.29) is 11.4 Å². The molecule has 108 valence electrons. The molecule has 0 aromatic rings. The Morgan fingerprint density at radius 2 is 1.78 bits per heavy atom. The SMILES string of the molecule is CC(C)CCNCCCCCOC(=O)C(C)(C)C. The van der Waals surface area contributed by atoms with Gasteiger partial charge < -0.3 is 10.1 Å². The normalized spacial score (nSPS) is 11.9. The number of carbonyl (C=O) groups excluding carboxylic acids is 1. The number of unbranched alkanes of at least 4 members (excludes halogenated alkanes) is 2. The fourth-order valence-corrected chi connectivity index (χ4v) is 1.43. The Labute approximate surface area is 113 Å². The molecule has 0 rings (SSSR count). The largest absolute Gasteiger partial charge is 0.465 e. The minimum atomic E-state index is -0.377. The Balaban J connectivity index is 3.24. The van der Waals surface area contributed by atoms with Crippen molar-refractivity contribution in [3.63, 3.8) is 0 Å². The summed E-state index contributed by atoms with van der Waals surface area (Å²) in [5, 5.41) is 3.43. The van der Waals surface area contributed by atoms with Gasteiger partial charge in [-0.3, -0.25) is 4.79 Å². The van der Waals surface area contributed by atoms with Gasteiger partial charge in [0.1, 0.15) is 0 Å². The van der Waals surface area contributed by atoms with Crippen molar-refractivity contribution in [2.75, 3.05) is 19.7 Å². The van der Waals surface area contributed by atoms with Crippen LogP contribution < -0.4 is 5.32 Å². The number of nitrogens with one attached hydrogen (secondary N) is 1. The molecule has 0 atom stereocenters. The van der Waals surface area contributed by atoms with E-state index in [2.05, 4.69) is 19.2 Å². The van der Waals surface area contributed by atoms with Crippen LogP contribution in [0.2, 0.25) is 0 Å². The predicted octanol–water partition coefficient (Wildman–Crippen LogP) is 3.38. The lowest BCUT2D eigenvalue weighted by atomic mass is 9.97. The van der Waals surface area contributed by atoms with Crippen molar-refractivity contribution in [3.8, 4) is 0 Å². The minimum absolute atomic E-state index is 0.0995. The summed E-state index contributed by atoms with van der Waals surface area (Å²) in [5.74, 6) is 0.673. The average molecular weight is 257 g/mol. The van der Waals surface area contributed by atoms with Crippen LogP contribution in [0.1, 0.15) is 60.3 Å². The molecule has 0 radical (unpaired) electrons. The maximum atomic E-state index is 11.5. The highest BCUT2D eigenvalue weighted by molar-refractivity contribution is 5.75. The lowest BCUT2D eigenvalue weighted by Crippen LogP contribution is -2.23. The first kappa shape index (κ1) is 17.4. The minimum Gasteiger partial charge on any atom is -0.465 e. The van der Waals surface area contributed by atoms with Crippen LogP contribution in [0, 0.1) is 11.3 Å². The van der Waals surface area contributed by atoms with Crippen molar-refractivity contribution >= 4 is 5.97 Å². The van der Waals surface area contributed by atoms with E-state index in [0.717, 1.165) is 38.3 Å². The highest BCUT2D eigenvalue weighted by atomic mass is 16.5. The van der Waals surface area contributed by atoms with Crippen molar-refractivity contribution in [1.82, 2.24) is 5.32 Å². The van der Waals surface area contributed by atoms with Gasteiger partial charge in [0.05, 0.1) is 12.0 Å². The van der Waals surface area contributed by atoms with Gasteiger partial charge in [0.2, 0.25) is 0 Å². The first-order chi connectivity index (χ1) is 8.34. The monoisotopic (exact) mass is 257 g/mol. The van der Waals surface area contributed by atoms with Gasteiger partial charge in [-0.05, 0) is 65.5 Å². The number of carbonyl (C=O) groups is 1. The van der Waals surface area contributed by atoms with Crippen molar-refractivity contribution in [2.24, 2.45) is 11.3 Å². The van der Waals surface area contributed by atoms with E-state index in [0.29, 0.717) is 6.61 Å². The number of hydrogen-bond acceptors (Lipinski definition) is 3. The number of hydrogen-bond donors (Lipinski definition) is 1. The Bertz CT molecular complexity index is 219. The average Bonchev–Trinajstić information content (AvgIpc) is 2.24. The summed E-state index contributed by atoms with van der Waals surface area (Å²) in [6.07, 6.45) is 4.48. The van der Waals surface area contributed by atoms with Crippen molar-refractivity contribution < 1.29 is 9.53 Å². The zero-order valence-electron chi connectivity index (χ0n) is 12.8. The fraction of sp³-hybridized carbons (Fsp3) is 0.933. The standard InChI is InChI=1S/C15H31NO2/c1-13(2)9-11-16-10-7-6-8-12-18-14(17)15(3,4)5/h13,16H,6-12H2,1-5H3. The third-order valence-corrected chi connectivity index (χ3v) is 2.74. The predicted molar refractivity (Wildman–Crippen MR) is 76.6 cm³/mol. The lowest BCUT2D eigenvalue weighted by molar-refractivity contribution is -0.153. The van der Waals surface area contributed by atoms with E-state index in [1.165, 1.54) is 6.42 Å². The highest BCUT2D eigenvalue weighted by Gasteiger charge is 2.22. The molecular formula is C15H31NO2. The summed E-state index contributed by atoms with van der Waals surface area (Å²) in [7, 11) is 0. The molecule has 0 heterocycles. The molecule has 0 saturated heterocycles. The molecule has 0 aliphatic rings. The van der Waals surface area contributed by atoms with E-state index in [4.69, 9.17) is 4.74 Å². The highest BCUT2D eigenvalue weighted by Crippen LogP contribution is 2.15. The summed E-state index contributed by atoms with van der Waals surface area (Å²) in [6.45, 7) is 12.9. The van der Waals surface area contributed by atoms with E-state index >= 15 is 0 Å². The first-order valence-electron chi connectivity index (χ1n) is 7.22. The summed E-state index contributed by atoms with van der Waals surface area (Å²) in [5.41, 5.74) is -0.377. The van der Waals surface area contributed by atoms with E-state index < -0.39 is 0 Å². The molecule has 0 unspecified atom stereocenters. The van der Waals surface area contributed by atoms with Crippen LogP contribution in [0.3, 0.4) is 0 Å².